The van der Waals surface area contributed by atoms with E-state index in [4.69, 9.17) is 19.2 Å². The topological polar surface area (TPSA) is 78.4 Å². The predicted octanol–water partition coefficient (Wildman–Crippen LogP) is 4.89. The van der Waals surface area contributed by atoms with Gasteiger partial charge in [-0.3, -0.25) is 4.98 Å². The number of nitrogens with one attached hydrogen (secondary N) is 1. The largest absolute Gasteiger partial charge is 0.493 e. The van der Waals surface area contributed by atoms with Crippen LogP contribution in [0.1, 0.15) is 17.0 Å². The molecule has 31 heavy (non-hydrogen) atoms. The number of benzene rings is 1. The zero-order valence-electron chi connectivity index (χ0n) is 17.5. The Hall–Kier alpha value is -3.65. The molecule has 0 bridgehead atoms. The van der Waals surface area contributed by atoms with Crippen LogP contribution in [0.4, 0.5) is 5.82 Å². The van der Waals surface area contributed by atoms with E-state index in [1.165, 1.54) is 0 Å². The first-order valence-electron chi connectivity index (χ1n) is 9.58. The van der Waals surface area contributed by atoms with Crippen molar-refractivity contribution >= 4 is 39.5 Å². The van der Waals surface area contributed by atoms with Gasteiger partial charge in [0.25, 0.3) is 0 Å². The van der Waals surface area contributed by atoms with Crippen molar-refractivity contribution in [3.8, 4) is 17.2 Å². The lowest BCUT2D eigenvalue weighted by Crippen LogP contribution is -2.03. The molecule has 158 valence electrons. The van der Waals surface area contributed by atoms with Gasteiger partial charge >= 0.3 is 0 Å². The fraction of sp³-hybridized carbons (Fsp3) is 0.174. The first-order valence-corrected chi connectivity index (χ1v) is 10.5. The van der Waals surface area contributed by atoms with E-state index >= 15 is 0 Å². The molecule has 0 aliphatic heterocycles. The van der Waals surface area contributed by atoms with Gasteiger partial charge in [-0.2, -0.15) is 0 Å². The van der Waals surface area contributed by atoms with Crippen molar-refractivity contribution in [2.75, 3.05) is 26.6 Å². The number of rotatable bonds is 8. The third-order valence-corrected chi connectivity index (χ3v) is 5.55. The van der Waals surface area contributed by atoms with Crippen LogP contribution in [0.5, 0.6) is 17.2 Å². The monoisotopic (exact) mass is 434 g/mol. The number of ether oxygens (including phenoxy) is 3. The molecule has 3 heterocycles. The molecule has 8 heteroatoms. The van der Waals surface area contributed by atoms with Crippen molar-refractivity contribution in [1.29, 1.82) is 0 Å². The van der Waals surface area contributed by atoms with Crippen LogP contribution in [0.2, 0.25) is 0 Å². The minimum absolute atomic E-state index is 0.556. The van der Waals surface area contributed by atoms with E-state index in [1.807, 2.05) is 47.9 Å². The molecule has 0 fully saturated rings. The molecule has 4 aromatic rings. The quantitative estimate of drug-likeness (QED) is 0.423. The standard InChI is InChI=1S/C23H22N4O3S/c1-28-18-12-16(13-19(29-2)21(18)30-3)4-5-20-26-17-8-11-31-22(17)23(27-20)25-14-15-6-9-24-10-7-15/h4-13H,14H2,1-3H3,(H,25,26,27)/b5-4+. The Kier molecular flexibility index (Phi) is 6.28. The number of hydrogen-bond acceptors (Lipinski definition) is 8. The number of anilines is 1. The van der Waals surface area contributed by atoms with Gasteiger partial charge in [0.05, 0.1) is 31.5 Å². The third-order valence-electron chi connectivity index (χ3n) is 4.64. The van der Waals surface area contributed by atoms with Crippen LogP contribution >= 0.6 is 11.3 Å². The molecule has 0 saturated carbocycles. The lowest BCUT2D eigenvalue weighted by atomic mass is 10.1. The Morgan fingerprint density at radius 3 is 2.35 bits per heavy atom. The van der Waals surface area contributed by atoms with Crippen molar-refractivity contribution in [3.05, 3.63) is 65.1 Å². The van der Waals surface area contributed by atoms with Crippen LogP contribution in [0.25, 0.3) is 22.4 Å². The molecular formula is C23H22N4O3S. The highest BCUT2D eigenvalue weighted by Gasteiger charge is 2.12. The smallest absolute Gasteiger partial charge is 0.203 e. The number of fused-ring (bicyclic) bond motifs is 1. The summed E-state index contributed by atoms with van der Waals surface area (Å²) in [4.78, 5) is 13.4. The van der Waals surface area contributed by atoms with E-state index in [2.05, 4.69) is 15.3 Å². The van der Waals surface area contributed by atoms with E-state index in [0.717, 1.165) is 27.2 Å². The fourth-order valence-electron chi connectivity index (χ4n) is 3.13. The molecule has 0 atom stereocenters. The minimum Gasteiger partial charge on any atom is -0.493 e. The van der Waals surface area contributed by atoms with Crippen molar-refractivity contribution < 1.29 is 14.2 Å². The molecule has 0 spiro atoms. The van der Waals surface area contributed by atoms with Gasteiger partial charge in [-0.15, -0.1) is 11.3 Å². The molecule has 7 nitrogen and oxygen atoms in total. The summed E-state index contributed by atoms with van der Waals surface area (Å²) >= 11 is 1.62. The average molecular weight is 435 g/mol. The van der Waals surface area contributed by atoms with Gasteiger partial charge in [0.1, 0.15) is 5.82 Å². The van der Waals surface area contributed by atoms with E-state index in [-0.39, 0.29) is 0 Å². The predicted molar refractivity (Wildman–Crippen MR) is 124 cm³/mol. The highest BCUT2D eigenvalue weighted by molar-refractivity contribution is 7.17. The van der Waals surface area contributed by atoms with Crippen LogP contribution in [-0.4, -0.2) is 36.3 Å². The van der Waals surface area contributed by atoms with Crippen molar-refractivity contribution in [1.82, 2.24) is 15.0 Å². The maximum absolute atomic E-state index is 5.43. The summed E-state index contributed by atoms with van der Waals surface area (Å²) in [5, 5.41) is 5.44. The molecule has 0 aliphatic rings. The first kappa shape index (κ1) is 20.6. The van der Waals surface area contributed by atoms with Crippen LogP contribution < -0.4 is 19.5 Å². The second kappa shape index (κ2) is 9.44. The van der Waals surface area contributed by atoms with Crippen molar-refractivity contribution in [2.24, 2.45) is 0 Å². The molecule has 4 rings (SSSR count). The van der Waals surface area contributed by atoms with E-state index < -0.39 is 0 Å². The molecule has 1 N–H and O–H groups in total. The molecule has 0 amide bonds. The third kappa shape index (κ3) is 4.59. The summed E-state index contributed by atoms with van der Waals surface area (Å²) < 4.78 is 17.3. The molecule has 0 unspecified atom stereocenters. The summed E-state index contributed by atoms with van der Waals surface area (Å²) in [5.41, 5.74) is 2.92. The molecule has 0 radical (unpaired) electrons. The SMILES string of the molecule is COc1cc(/C=C/c2nc(NCc3ccncc3)c3sccc3n2)cc(OC)c1OC. The molecule has 3 aromatic heterocycles. The number of thiophene rings is 1. The fourth-order valence-corrected chi connectivity index (χ4v) is 3.93. The molecule has 0 saturated heterocycles. The van der Waals surface area contributed by atoms with E-state index in [0.29, 0.717) is 29.6 Å². The maximum atomic E-state index is 5.43. The highest BCUT2D eigenvalue weighted by Crippen LogP contribution is 2.38. The second-order valence-electron chi connectivity index (χ2n) is 6.57. The Balaban J connectivity index is 1.63. The Morgan fingerprint density at radius 2 is 1.68 bits per heavy atom. The van der Waals surface area contributed by atoms with Crippen molar-refractivity contribution in [2.45, 2.75) is 6.54 Å². The van der Waals surface area contributed by atoms with Crippen LogP contribution in [0, 0.1) is 0 Å². The first-order chi connectivity index (χ1) is 15.2. The lowest BCUT2D eigenvalue weighted by Gasteiger charge is -2.12. The van der Waals surface area contributed by atoms with E-state index in [1.54, 1.807) is 45.1 Å². The normalized spacial score (nSPS) is 11.1. The van der Waals surface area contributed by atoms with Gasteiger partial charge in [-0.1, -0.05) is 6.08 Å². The lowest BCUT2D eigenvalue weighted by molar-refractivity contribution is 0.324. The molecule has 0 aliphatic carbocycles. The molecule has 1 aromatic carbocycles. The van der Waals surface area contributed by atoms with Gasteiger partial charge < -0.3 is 19.5 Å². The summed E-state index contributed by atoms with van der Waals surface area (Å²) in [6.45, 7) is 0.655. The molecular weight excluding hydrogens is 412 g/mol. The zero-order chi connectivity index (χ0) is 21.6. The van der Waals surface area contributed by atoms with Crippen LogP contribution in [0.15, 0.2) is 48.1 Å². The zero-order valence-corrected chi connectivity index (χ0v) is 18.3. The Morgan fingerprint density at radius 1 is 0.935 bits per heavy atom. The van der Waals surface area contributed by atoms with Gasteiger partial charge in [0.15, 0.2) is 17.3 Å². The Labute approximate surface area is 184 Å². The number of methoxy groups -OCH3 is 3. The van der Waals surface area contributed by atoms with E-state index in [9.17, 15) is 0 Å². The number of nitrogens with zero attached hydrogens (tertiary/aromatic N) is 3. The van der Waals surface area contributed by atoms with Gasteiger partial charge in [0, 0.05) is 18.9 Å². The Bertz CT molecular complexity index is 1180. The summed E-state index contributed by atoms with van der Waals surface area (Å²) in [6, 6.07) is 9.71. The second-order valence-corrected chi connectivity index (χ2v) is 7.48. The number of pyridine rings is 1. The number of hydrogen-bond donors (Lipinski definition) is 1. The summed E-state index contributed by atoms with van der Waals surface area (Å²) in [5.74, 6) is 3.16. The van der Waals surface area contributed by atoms with Crippen LogP contribution in [-0.2, 0) is 6.54 Å². The van der Waals surface area contributed by atoms with Gasteiger partial charge in [-0.25, -0.2) is 9.97 Å². The van der Waals surface area contributed by atoms with Gasteiger partial charge in [-0.05, 0) is 52.9 Å². The number of aromatic nitrogens is 3. The van der Waals surface area contributed by atoms with Gasteiger partial charge in [0.2, 0.25) is 5.75 Å². The maximum Gasteiger partial charge on any atom is 0.203 e. The minimum atomic E-state index is 0.556. The highest BCUT2D eigenvalue weighted by atomic mass is 32.1. The summed E-state index contributed by atoms with van der Waals surface area (Å²) in [6.07, 6.45) is 7.35. The average Bonchev–Trinajstić information content (AvgIpc) is 3.30. The summed E-state index contributed by atoms with van der Waals surface area (Å²) in [7, 11) is 4.78. The van der Waals surface area contributed by atoms with Crippen LogP contribution in [0.3, 0.4) is 0 Å². The van der Waals surface area contributed by atoms with Crippen molar-refractivity contribution in [3.63, 3.8) is 0 Å².